The van der Waals surface area contributed by atoms with Crippen LogP contribution >= 0.6 is 31.9 Å². The predicted octanol–water partition coefficient (Wildman–Crippen LogP) is 4.60. The number of carbonyl (C=O) groups is 1. The van der Waals surface area contributed by atoms with Crippen LogP contribution in [0.25, 0.3) is 0 Å². The van der Waals surface area contributed by atoms with Crippen molar-refractivity contribution in [2.24, 2.45) is 4.99 Å². The lowest BCUT2D eigenvalue weighted by atomic mass is 10.2. The third kappa shape index (κ3) is 4.33. The van der Waals surface area contributed by atoms with E-state index in [1.807, 2.05) is 6.92 Å². The molecule has 0 aliphatic rings. The molecule has 0 aliphatic carbocycles. The quantitative estimate of drug-likeness (QED) is 0.524. The summed E-state index contributed by atoms with van der Waals surface area (Å²) in [5.41, 5.74) is 1.05. The molecule has 0 saturated heterocycles. The van der Waals surface area contributed by atoms with Crippen LogP contribution in [0.15, 0.2) is 44.3 Å². The number of hydrogen-bond acceptors (Lipinski definition) is 5. The zero-order valence-electron chi connectivity index (χ0n) is 12.1. The molecule has 5 nitrogen and oxygen atoms in total. The molecule has 1 N–H and O–H groups in total. The second-order valence-electron chi connectivity index (χ2n) is 4.34. The summed E-state index contributed by atoms with van der Waals surface area (Å²) in [5, 5.41) is 10.3. The van der Waals surface area contributed by atoms with Gasteiger partial charge in [0.2, 0.25) is 0 Å². The molecule has 120 valence electrons. The minimum absolute atomic E-state index is 0.00836. The summed E-state index contributed by atoms with van der Waals surface area (Å²) in [6.45, 7) is 2.62. The molecule has 0 amide bonds. The Morgan fingerprint density at radius 3 is 2.78 bits per heavy atom. The first-order valence-electron chi connectivity index (χ1n) is 6.65. The summed E-state index contributed by atoms with van der Waals surface area (Å²) in [6, 6.07) is 8.40. The van der Waals surface area contributed by atoms with Crippen LogP contribution in [-0.4, -0.2) is 24.4 Å². The summed E-state index contributed by atoms with van der Waals surface area (Å²) in [5.74, 6) is 0.746. The standard InChI is InChI=1S/C16H13Br2NO4/c1-2-22-14-7-13(17)15(18)12(16(14)21)8-19-10-4-3-5-11(6-10)23-9-20/h3-9,21H,2H2,1H3/b19-8+. The van der Waals surface area contributed by atoms with Gasteiger partial charge in [-0.2, -0.15) is 0 Å². The predicted molar refractivity (Wildman–Crippen MR) is 95.1 cm³/mol. The van der Waals surface area contributed by atoms with Gasteiger partial charge in [-0.1, -0.05) is 6.07 Å². The number of aromatic hydroxyl groups is 1. The molecule has 0 aromatic heterocycles. The van der Waals surface area contributed by atoms with E-state index in [1.54, 1.807) is 30.3 Å². The highest BCUT2D eigenvalue weighted by Gasteiger charge is 2.14. The smallest absolute Gasteiger partial charge is 0.298 e. The molecular formula is C16H13Br2NO4. The third-order valence-corrected chi connectivity index (χ3v) is 4.85. The number of rotatable bonds is 6. The number of aliphatic imine (C=N–C) groups is 1. The van der Waals surface area contributed by atoms with E-state index in [2.05, 4.69) is 36.9 Å². The van der Waals surface area contributed by atoms with Gasteiger partial charge in [-0.3, -0.25) is 9.79 Å². The highest BCUT2D eigenvalue weighted by atomic mass is 79.9. The van der Waals surface area contributed by atoms with Gasteiger partial charge in [-0.25, -0.2) is 0 Å². The molecular weight excluding hydrogens is 430 g/mol. The van der Waals surface area contributed by atoms with Gasteiger partial charge in [-0.05, 0) is 57.0 Å². The van der Waals surface area contributed by atoms with Gasteiger partial charge in [-0.15, -0.1) is 0 Å². The van der Waals surface area contributed by atoms with Crippen molar-refractivity contribution in [1.29, 1.82) is 0 Å². The zero-order valence-corrected chi connectivity index (χ0v) is 15.3. The molecule has 0 unspecified atom stereocenters. The van der Waals surface area contributed by atoms with Crippen molar-refractivity contribution in [2.75, 3.05) is 6.61 Å². The van der Waals surface area contributed by atoms with E-state index >= 15 is 0 Å². The van der Waals surface area contributed by atoms with Crippen LogP contribution in [0.4, 0.5) is 5.69 Å². The number of carbonyl (C=O) groups excluding carboxylic acids is 1. The van der Waals surface area contributed by atoms with Crippen molar-refractivity contribution in [3.05, 3.63) is 44.8 Å². The number of phenols is 1. The van der Waals surface area contributed by atoms with Crippen LogP contribution < -0.4 is 9.47 Å². The molecule has 23 heavy (non-hydrogen) atoms. The van der Waals surface area contributed by atoms with Crippen LogP contribution in [0.5, 0.6) is 17.2 Å². The highest BCUT2D eigenvalue weighted by Crippen LogP contribution is 2.40. The Balaban J connectivity index is 2.38. The SMILES string of the molecule is CCOc1cc(Br)c(Br)c(/C=N/c2cccc(OC=O)c2)c1O. The average molecular weight is 443 g/mol. The lowest BCUT2D eigenvalue weighted by Gasteiger charge is -2.11. The molecule has 0 fully saturated rings. The average Bonchev–Trinajstić information content (AvgIpc) is 2.53. The fourth-order valence-corrected chi connectivity index (χ4v) is 2.65. The lowest BCUT2D eigenvalue weighted by Crippen LogP contribution is -1.96. The van der Waals surface area contributed by atoms with Crippen molar-refractivity contribution in [1.82, 2.24) is 0 Å². The van der Waals surface area contributed by atoms with Gasteiger partial charge in [0.1, 0.15) is 5.75 Å². The van der Waals surface area contributed by atoms with Crippen molar-refractivity contribution in [2.45, 2.75) is 6.92 Å². The lowest BCUT2D eigenvalue weighted by molar-refractivity contribution is -0.120. The summed E-state index contributed by atoms with van der Waals surface area (Å²) < 4.78 is 11.6. The first kappa shape index (κ1) is 17.5. The maximum Gasteiger partial charge on any atom is 0.298 e. The van der Waals surface area contributed by atoms with Gasteiger partial charge in [0.05, 0.1) is 17.9 Å². The Morgan fingerprint density at radius 1 is 1.30 bits per heavy atom. The van der Waals surface area contributed by atoms with Gasteiger partial charge < -0.3 is 14.6 Å². The van der Waals surface area contributed by atoms with E-state index in [0.717, 1.165) is 4.47 Å². The molecule has 0 spiro atoms. The third-order valence-electron chi connectivity index (χ3n) is 2.84. The molecule has 0 aliphatic heterocycles. The first-order chi connectivity index (χ1) is 11.1. The molecule has 2 aromatic carbocycles. The Labute approximate surface area is 150 Å². The Hall–Kier alpha value is -1.86. The molecule has 0 bridgehead atoms. The summed E-state index contributed by atoms with van der Waals surface area (Å²) in [7, 11) is 0. The van der Waals surface area contributed by atoms with E-state index in [-0.39, 0.29) is 5.75 Å². The van der Waals surface area contributed by atoms with Crippen molar-refractivity contribution in [3.8, 4) is 17.2 Å². The molecule has 0 atom stereocenters. The summed E-state index contributed by atoms with van der Waals surface area (Å²) >= 11 is 6.81. The van der Waals surface area contributed by atoms with Crippen molar-refractivity contribution < 1.29 is 19.4 Å². The summed E-state index contributed by atoms with van der Waals surface area (Å²) in [6.07, 6.45) is 1.51. The van der Waals surface area contributed by atoms with Gasteiger partial charge in [0, 0.05) is 21.2 Å². The van der Waals surface area contributed by atoms with Gasteiger partial charge >= 0.3 is 0 Å². The Bertz CT molecular complexity index is 747. The van der Waals surface area contributed by atoms with Crippen LogP contribution in [-0.2, 0) is 4.79 Å². The number of halogens is 2. The normalized spacial score (nSPS) is 10.7. The van der Waals surface area contributed by atoms with E-state index in [1.165, 1.54) is 6.21 Å². The molecule has 0 heterocycles. The minimum Gasteiger partial charge on any atom is -0.504 e. The molecule has 2 aromatic rings. The molecule has 2 rings (SSSR count). The minimum atomic E-state index is -0.00836. The second kappa shape index (κ2) is 8.12. The fraction of sp³-hybridized carbons (Fsp3) is 0.125. The maximum absolute atomic E-state index is 10.4. The first-order valence-corrected chi connectivity index (χ1v) is 8.23. The van der Waals surface area contributed by atoms with Crippen LogP contribution in [0.3, 0.4) is 0 Å². The number of phenolic OH excluding ortho intramolecular Hbond substituents is 1. The highest BCUT2D eigenvalue weighted by molar-refractivity contribution is 9.13. The topological polar surface area (TPSA) is 68.1 Å². The monoisotopic (exact) mass is 441 g/mol. The number of benzene rings is 2. The van der Waals surface area contributed by atoms with E-state index in [0.29, 0.717) is 40.3 Å². The van der Waals surface area contributed by atoms with Crippen LogP contribution in [0, 0.1) is 0 Å². The molecule has 7 heteroatoms. The van der Waals surface area contributed by atoms with Crippen molar-refractivity contribution >= 4 is 50.2 Å². The summed E-state index contributed by atoms with van der Waals surface area (Å²) in [4.78, 5) is 14.7. The number of ether oxygens (including phenoxy) is 2. The van der Waals surface area contributed by atoms with Crippen molar-refractivity contribution in [3.63, 3.8) is 0 Å². The van der Waals surface area contributed by atoms with E-state index < -0.39 is 0 Å². The molecule has 0 saturated carbocycles. The van der Waals surface area contributed by atoms with E-state index in [4.69, 9.17) is 9.47 Å². The Morgan fingerprint density at radius 2 is 2.09 bits per heavy atom. The molecule has 0 radical (unpaired) electrons. The zero-order chi connectivity index (χ0) is 16.8. The fourth-order valence-electron chi connectivity index (χ4n) is 1.83. The maximum atomic E-state index is 10.4. The largest absolute Gasteiger partial charge is 0.504 e. The number of hydrogen-bond donors (Lipinski definition) is 1. The van der Waals surface area contributed by atoms with Crippen LogP contribution in [0.2, 0.25) is 0 Å². The second-order valence-corrected chi connectivity index (χ2v) is 5.98. The van der Waals surface area contributed by atoms with Gasteiger partial charge in [0.15, 0.2) is 11.5 Å². The Kier molecular flexibility index (Phi) is 6.18. The van der Waals surface area contributed by atoms with Crippen LogP contribution in [0.1, 0.15) is 12.5 Å². The van der Waals surface area contributed by atoms with Gasteiger partial charge in [0.25, 0.3) is 6.47 Å². The number of nitrogens with zero attached hydrogens (tertiary/aromatic N) is 1. The van der Waals surface area contributed by atoms with E-state index in [9.17, 15) is 9.90 Å².